The molecule has 37 nitrogen and oxygen atoms in total. The molecule has 13 aromatic rings. The van der Waals surface area contributed by atoms with Gasteiger partial charge in [0.05, 0.1) is 88.5 Å². The smallest absolute Gasteiger partial charge is 0.428 e. The topological polar surface area (TPSA) is 398 Å². The van der Waals surface area contributed by atoms with Gasteiger partial charge in [0.1, 0.15) is 46.6 Å². The number of hydroxylamine groups is 2. The first kappa shape index (κ1) is 106. The molecule has 0 bridgehead atoms. The van der Waals surface area contributed by atoms with E-state index in [4.69, 9.17) is 91.8 Å². The van der Waals surface area contributed by atoms with E-state index in [1.54, 1.807) is 86.8 Å². The monoisotopic (exact) mass is 2020 g/mol. The minimum absolute atomic E-state index is 0.0495. The van der Waals surface area contributed by atoms with E-state index in [9.17, 15) is 33.6 Å². The zero-order valence-electron chi connectivity index (χ0n) is 84.9. The molecule has 147 heavy (non-hydrogen) atoms. The summed E-state index contributed by atoms with van der Waals surface area (Å²) in [6.07, 6.45) is 11.0. The second-order valence-electron chi connectivity index (χ2n) is 38.1. The number of nitrogens with one attached hydrogen (secondary N) is 3. The number of amides is 4. The van der Waals surface area contributed by atoms with E-state index < -0.39 is 42.1 Å². The minimum atomic E-state index is -0.908. The SMILES string of the molecule is C1COCCO1.[C-]#[N+]c1c(C(=O)OC2C(C)C(C)C(C)C(C)C2C)c2nc(-c3ccccc3)[nH]n2c1OC(=O)N(c1ccccn1)c1ccco1.[C-]#[N+]c1c(C(=O)OC2C(C)CCCC2C)c2nc(-c3cc(SOON(C)C)cc(C(N)=O)c3)[nH]n2c1OC(=O)N1CCCCCCC1.[C-]#[N+]c1c(C(=O)OC2C(CC)CC(C)CC2CC)c2nc(-c3ccc(C)cc3OC)[nH]n2c1OC(=O)N(c1ccccc1)c1ccccc1. The molecular weight excluding hydrogens is 1900 g/mol. The summed E-state index contributed by atoms with van der Waals surface area (Å²) in [7, 11) is 4.86. The molecule has 38 heteroatoms. The number of fused-ring (bicyclic) bond motifs is 3. The number of rotatable bonds is 24. The third-order valence-electron chi connectivity index (χ3n) is 28.2. The lowest BCUT2D eigenvalue weighted by Crippen LogP contribution is -2.46. The van der Waals surface area contributed by atoms with Crippen molar-refractivity contribution >= 4 is 111 Å². The predicted octanol–water partition coefficient (Wildman–Crippen LogP) is 23.7. The molecule has 3 saturated carbocycles. The van der Waals surface area contributed by atoms with Crippen molar-refractivity contribution in [1.29, 1.82) is 0 Å². The molecule has 5 fully saturated rings. The van der Waals surface area contributed by atoms with Gasteiger partial charge in [-0.05, 0) is 196 Å². The average molecular weight is 2020 g/mol. The quantitative estimate of drug-likeness (QED) is 0.0109. The van der Waals surface area contributed by atoms with Crippen molar-refractivity contribution in [2.45, 2.75) is 176 Å². The summed E-state index contributed by atoms with van der Waals surface area (Å²) >= 11 is 0.854. The van der Waals surface area contributed by atoms with Crippen LogP contribution in [0.25, 0.3) is 65.6 Å². The molecular formula is C109H124N18O19S. The fourth-order valence-corrected chi connectivity index (χ4v) is 20.6. The van der Waals surface area contributed by atoms with Crippen LogP contribution < -0.4 is 34.5 Å². The van der Waals surface area contributed by atoms with Crippen LogP contribution in [-0.4, -0.2) is 180 Å². The van der Waals surface area contributed by atoms with Gasteiger partial charge in [0.25, 0.3) is 17.1 Å². The van der Waals surface area contributed by atoms with Crippen molar-refractivity contribution in [3.63, 3.8) is 0 Å². The van der Waals surface area contributed by atoms with E-state index in [1.807, 2.05) is 91.9 Å². The normalized spacial score (nSPS) is 20.8. The average Bonchev–Trinajstić information content (AvgIpc) is 1.59. The van der Waals surface area contributed by atoms with Crippen molar-refractivity contribution in [1.82, 2.24) is 58.7 Å². The van der Waals surface area contributed by atoms with Crippen molar-refractivity contribution in [3.8, 4) is 57.6 Å². The molecule has 2 saturated heterocycles. The predicted molar refractivity (Wildman–Crippen MR) is 551 cm³/mol. The number of methoxy groups -OCH3 is 1. The van der Waals surface area contributed by atoms with Gasteiger partial charge >= 0.3 is 36.2 Å². The minimum Gasteiger partial charge on any atom is -0.496 e. The molecule has 8 atom stereocenters. The van der Waals surface area contributed by atoms with Crippen LogP contribution in [0, 0.1) is 85.8 Å². The number of esters is 3. The van der Waals surface area contributed by atoms with E-state index >= 15 is 0 Å². The number of carbonyl (C=O) groups excluding carboxylic acids is 7. The van der Waals surface area contributed by atoms with Crippen LogP contribution in [0.3, 0.4) is 0 Å². The first-order chi connectivity index (χ1) is 71.0. The number of aromatic amines is 3. The standard InChI is InChI=1S/C39H41N5O5.C34H34N6O5.C32H41N7O7S.C4H8O2/c1-7-26-21-25(4)22-27(8-2)34(26)48-38(45)32-33(40-5)37(44-36(32)41-35(42-44)30-20-19-24(3)23-31(30)47-6)49-39(46)43(28-15-11-9-12-16-28)29-17-13-10-14-18-29;1-19-20(2)22(4)29(23(5)21(19)3)44-33(41)27-28(35-6)32(40-31(27)37-30(38-40)24-13-8-7-9-14-24)45-34(42)39(26-16-12-18-43-26)25-15-10-11-17-36-25;1-19-12-11-13-20(2)26(19)43-31(41)24-25(34-3)30(44-32(42)38-14-9-7-6-8-10-15-38)39-29(24)35-28(36-39)22-16-21(27(33)40)17-23(18-22)47-46-45-37(4)5;1-2-6-4-3-5-1/h9-20,23,25-27,34H,7-8,21-22H2,1-4,6H3,(H,41,42);7-23,29H,1-5H3,(H,37,38);16-20,26H,6-15H2,1-2,4-5H3,(H2,33,40)(H,35,36);1-4H2. The second kappa shape index (κ2) is 48.7. The number of primary amides is 1. The van der Waals surface area contributed by atoms with E-state index in [0.717, 1.165) is 132 Å². The Kier molecular flexibility index (Phi) is 35.2. The number of ether oxygens (including phenoxy) is 9. The fraction of sp³-hybridized carbons (Fsp3) is 0.413. The molecule has 770 valence electrons. The van der Waals surface area contributed by atoms with E-state index in [1.165, 1.54) is 48.1 Å². The number of aromatic nitrogens is 10. The Bertz CT molecular complexity index is 6820. The van der Waals surface area contributed by atoms with Crippen molar-refractivity contribution in [3.05, 3.63) is 232 Å². The maximum atomic E-state index is 14.3. The van der Waals surface area contributed by atoms with Gasteiger partial charge in [-0.1, -0.05) is 174 Å². The van der Waals surface area contributed by atoms with Gasteiger partial charge in [0.15, 0.2) is 34.4 Å². The number of hydrogen-bond acceptors (Lipinski definition) is 25. The lowest BCUT2D eigenvalue weighted by molar-refractivity contribution is -0.340. The molecule has 18 rings (SSSR count). The second-order valence-corrected chi connectivity index (χ2v) is 38.9. The number of aryl methyl sites for hydroxylation is 1. The summed E-state index contributed by atoms with van der Waals surface area (Å²) in [6, 6.07) is 46.1. The van der Waals surface area contributed by atoms with Crippen LogP contribution in [0.2, 0.25) is 0 Å². The highest BCUT2D eigenvalue weighted by Crippen LogP contribution is 2.49. The van der Waals surface area contributed by atoms with E-state index in [0.29, 0.717) is 81.6 Å². The summed E-state index contributed by atoms with van der Waals surface area (Å²) in [5, 5.41) is 10.7. The summed E-state index contributed by atoms with van der Waals surface area (Å²) in [5.41, 5.74) is 9.21. The number of benzene rings is 5. The summed E-state index contributed by atoms with van der Waals surface area (Å²) in [5.74, 6) is 1.17. The van der Waals surface area contributed by atoms with Gasteiger partial charge in [-0.15, -0.1) is 9.32 Å². The zero-order valence-corrected chi connectivity index (χ0v) is 85.7. The van der Waals surface area contributed by atoms with Gasteiger partial charge in [0.2, 0.25) is 29.4 Å². The van der Waals surface area contributed by atoms with Crippen molar-refractivity contribution < 1.29 is 89.9 Å². The molecule has 5 N–H and O–H groups in total. The molecule has 5 aliphatic rings. The summed E-state index contributed by atoms with van der Waals surface area (Å²) < 4.78 is 66.8. The Morgan fingerprint density at radius 1 is 0.517 bits per heavy atom. The zero-order chi connectivity index (χ0) is 104. The van der Waals surface area contributed by atoms with Crippen LogP contribution in [0.1, 0.15) is 193 Å². The summed E-state index contributed by atoms with van der Waals surface area (Å²) in [6.45, 7) is 51.8. The highest BCUT2D eigenvalue weighted by molar-refractivity contribution is 7.94. The Balaban J connectivity index is 0.000000160. The number of nitrogens with two attached hydrogens (primary N) is 1. The number of furan rings is 1. The maximum Gasteiger partial charge on any atom is 0.428 e. The number of para-hydroxylation sites is 2. The molecule has 8 aromatic heterocycles. The number of nitrogens with zero attached hydrogens (tertiary/aromatic N) is 14. The Morgan fingerprint density at radius 3 is 1.48 bits per heavy atom. The lowest BCUT2D eigenvalue weighted by Gasteiger charge is -2.46. The summed E-state index contributed by atoms with van der Waals surface area (Å²) in [4.78, 5) is 135. The highest BCUT2D eigenvalue weighted by atomic mass is 32.2. The number of likely N-dealkylation sites (tertiary alicyclic amines) is 1. The van der Waals surface area contributed by atoms with Crippen LogP contribution in [0.15, 0.2) is 179 Å². The highest BCUT2D eigenvalue weighted by Gasteiger charge is 2.47. The first-order valence-corrected chi connectivity index (χ1v) is 50.5. The van der Waals surface area contributed by atoms with Gasteiger partial charge in [0, 0.05) is 61.0 Å². The first-order valence-electron chi connectivity index (χ1n) is 49.8. The molecule has 4 amide bonds. The van der Waals surface area contributed by atoms with Crippen LogP contribution in [-0.2, 0) is 33.0 Å². The van der Waals surface area contributed by atoms with Gasteiger partial charge in [-0.25, -0.2) is 81.7 Å². The molecule has 10 heterocycles. The third kappa shape index (κ3) is 24.0. The largest absolute Gasteiger partial charge is 0.496 e. The Hall–Kier alpha value is -15.1. The molecule has 8 unspecified atom stereocenters. The number of hydrogen-bond donors (Lipinski definition) is 4. The fourth-order valence-electron chi connectivity index (χ4n) is 20.0. The van der Waals surface area contributed by atoms with Crippen molar-refractivity contribution in [2.75, 3.05) is 70.5 Å². The number of H-pyrrole nitrogens is 3. The van der Waals surface area contributed by atoms with E-state index in [2.05, 4.69) is 109 Å². The molecule has 0 radical (unpaired) electrons. The molecule has 3 aliphatic carbocycles. The maximum absolute atomic E-state index is 14.3. The molecule has 0 spiro atoms. The van der Waals surface area contributed by atoms with Crippen LogP contribution in [0.4, 0.5) is 54.5 Å². The number of anilines is 4. The van der Waals surface area contributed by atoms with Crippen LogP contribution in [0.5, 0.6) is 23.4 Å². The van der Waals surface area contributed by atoms with Gasteiger partial charge in [-0.3, -0.25) is 20.1 Å². The number of pyridine rings is 1. The van der Waals surface area contributed by atoms with Crippen LogP contribution >= 0.6 is 12.0 Å². The Labute approximate surface area is 856 Å². The molecule has 2 aliphatic heterocycles. The molecule has 5 aromatic carbocycles. The Morgan fingerprint density at radius 2 is 0.993 bits per heavy atom. The third-order valence-corrected chi connectivity index (χ3v) is 28.8. The lowest BCUT2D eigenvalue weighted by atomic mass is 9.63. The van der Waals surface area contributed by atoms with Gasteiger partial charge < -0.3 is 57.7 Å². The van der Waals surface area contributed by atoms with Gasteiger partial charge in [-0.2, -0.15) is 9.96 Å². The van der Waals surface area contributed by atoms with E-state index in [-0.39, 0.29) is 145 Å². The van der Waals surface area contributed by atoms with Crippen molar-refractivity contribution in [2.24, 2.45) is 64.9 Å². The number of carbonyl (C=O) groups is 7.